The molecule has 3 rings (SSSR count). The van der Waals surface area contributed by atoms with Crippen molar-refractivity contribution >= 4 is 11.7 Å². The fraction of sp³-hybridized carbons (Fsp3) is 0.409. The van der Waals surface area contributed by atoms with Crippen LogP contribution in [0.2, 0.25) is 0 Å². The normalized spacial score (nSPS) is 22.0. The van der Waals surface area contributed by atoms with E-state index < -0.39 is 42.4 Å². The van der Waals surface area contributed by atoms with Gasteiger partial charge in [0, 0.05) is 37.0 Å². The molecule has 2 amide bonds. The zero-order chi connectivity index (χ0) is 23.5. The van der Waals surface area contributed by atoms with E-state index in [1.165, 1.54) is 36.2 Å². The number of urea groups is 1. The lowest BCUT2D eigenvalue weighted by molar-refractivity contribution is -0.138. The number of halogens is 4. The monoisotopic (exact) mass is 455 g/mol. The Bertz CT molecular complexity index is 943. The molecule has 0 fully saturated rings. The Kier molecular flexibility index (Phi) is 7.25. The largest absolute Gasteiger partial charge is 0.416 e. The lowest BCUT2D eigenvalue weighted by Gasteiger charge is -2.32. The number of carbonyl (C=O) groups excluding carboxylic acids is 1. The van der Waals surface area contributed by atoms with Crippen molar-refractivity contribution in [2.24, 2.45) is 5.92 Å². The number of anilines is 1. The van der Waals surface area contributed by atoms with Gasteiger partial charge in [-0.3, -0.25) is 0 Å². The van der Waals surface area contributed by atoms with Crippen LogP contribution in [0.5, 0.6) is 0 Å². The van der Waals surface area contributed by atoms with Crippen LogP contribution < -0.4 is 10.6 Å². The van der Waals surface area contributed by atoms with E-state index >= 15 is 0 Å². The molecule has 1 aromatic carbocycles. The molecule has 2 aliphatic heterocycles. The molecule has 4 N–H and O–H groups in total. The van der Waals surface area contributed by atoms with Crippen LogP contribution in [0, 0.1) is 12.8 Å². The Morgan fingerprint density at radius 2 is 2.12 bits per heavy atom. The van der Waals surface area contributed by atoms with Gasteiger partial charge in [-0.1, -0.05) is 6.08 Å². The van der Waals surface area contributed by atoms with Crippen molar-refractivity contribution in [1.82, 2.24) is 10.2 Å². The molecule has 10 heteroatoms. The van der Waals surface area contributed by atoms with E-state index in [-0.39, 0.29) is 23.6 Å². The summed E-state index contributed by atoms with van der Waals surface area (Å²) in [5, 5.41) is 23.9. The number of alkyl halides is 3. The lowest BCUT2D eigenvalue weighted by atomic mass is 9.90. The van der Waals surface area contributed by atoms with Crippen molar-refractivity contribution in [1.29, 1.82) is 0 Å². The number of rotatable bonds is 5. The van der Waals surface area contributed by atoms with Gasteiger partial charge in [-0.05, 0) is 48.8 Å². The van der Waals surface area contributed by atoms with Gasteiger partial charge in [-0.15, -0.1) is 0 Å². The molecule has 2 unspecified atom stereocenters. The Morgan fingerprint density at radius 1 is 1.38 bits per heavy atom. The summed E-state index contributed by atoms with van der Waals surface area (Å²) in [5.41, 5.74) is 0.0399. The third-order valence-electron chi connectivity index (χ3n) is 5.44. The van der Waals surface area contributed by atoms with Crippen LogP contribution >= 0.6 is 0 Å². The Morgan fingerprint density at radius 3 is 2.69 bits per heavy atom. The topological polar surface area (TPSA) is 84.8 Å². The summed E-state index contributed by atoms with van der Waals surface area (Å²) in [5.74, 6) is -0.621. The predicted molar refractivity (Wildman–Crippen MR) is 111 cm³/mol. The number of hydrogen-bond acceptors (Lipinski definition) is 4. The van der Waals surface area contributed by atoms with Crippen LogP contribution in [0.15, 0.2) is 54.2 Å². The van der Waals surface area contributed by atoms with Gasteiger partial charge >= 0.3 is 12.2 Å². The number of aliphatic hydroxyl groups excluding tert-OH is 2. The molecule has 0 radical (unpaired) electrons. The Balaban J connectivity index is 1.58. The molecule has 174 valence electrons. The highest BCUT2D eigenvalue weighted by Crippen LogP contribution is 2.33. The first-order valence-electron chi connectivity index (χ1n) is 10.1. The Labute approximate surface area is 182 Å². The molecular formula is C22H25F4N3O3. The summed E-state index contributed by atoms with van der Waals surface area (Å²) in [6, 6.07) is 2.29. The summed E-state index contributed by atoms with van der Waals surface area (Å²) in [6.45, 7) is 1.22. The number of nitrogens with zero attached hydrogens (tertiary/aromatic N) is 1. The van der Waals surface area contributed by atoms with Crippen molar-refractivity contribution < 1.29 is 32.6 Å². The van der Waals surface area contributed by atoms with Crippen molar-refractivity contribution in [2.45, 2.75) is 38.1 Å². The molecule has 0 saturated heterocycles. The number of aliphatic hydroxyl groups is 2. The summed E-state index contributed by atoms with van der Waals surface area (Å²) < 4.78 is 53.2. The minimum absolute atomic E-state index is 0.00844. The molecule has 3 atom stereocenters. The lowest BCUT2D eigenvalue weighted by Crippen LogP contribution is -2.41. The molecule has 0 spiro atoms. The average Bonchev–Trinajstić information content (AvgIpc) is 2.73. The van der Waals surface area contributed by atoms with Crippen LogP contribution in [0.4, 0.5) is 28.0 Å². The highest BCUT2D eigenvalue weighted by molar-refractivity contribution is 5.90. The first kappa shape index (κ1) is 23.8. The third kappa shape index (κ3) is 5.68. The molecule has 0 aliphatic carbocycles. The zero-order valence-electron chi connectivity index (χ0n) is 17.4. The number of allylic oxidation sites excluding steroid dienone is 1. The van der Waals surface area contributed by atoms with Crippen molar-refractivity contribution in [2.75, 3.05) is 18.5 Å². The van der Waals surface area contributed by atoms with E-state index in [1.54, 1.807) is 12.3 Å². The van der Waals surface area contributed by atoms with Crippen molar-refractivity contribution in [3.8, 4) is 0 Å². The molecule has 2 heterocycles. The number of carbonyl (C=O) groups is 1. The quantitative estimate of drug-likeness (QED) is 0.509. The Hall–Kier alpha value is -2.85. The second kappa shape index (κ2) is 9.74. The molecule has 0 bridgehead atoms. The highest BCUT2D eigenvalue weighted by Gasteiger charge is 2.32. The number of amides is 2. The van der Waals surface area contributed by atoms with E-state index in [4.69, 9.17) is 5.11 Å². The van der Waals surface area contributed by atoms with Crippen molar-refractivity contribution in [3.05, 3.63) is 65.3 Å². The molecule has 0 aromatic heterocycles. The van der Waals surface area contributed by atoms with Crippen LogP contribution in [0.1, 0.15) is 24.0 Å². The minimum atomic E-state index is -4.46. The molecule has 1 aromatic rings. The van der Waals surface area contributed by atoms with E-state index in [1.807, 2.05) is 0 Å². The van der Waals surface area contributed by atoms with Gasteiger partial charge < -0.3 is 25.7 Å². The van der Waals surface area contributed by atoms with Crippen LogP contribution in [-0.4, -0.2) is 46.4 Å². The van der Waals surface area contributed by atoms with Gasteiger partial charge in [0.1, 0.15) is 5.83 Å². The maximum atomic E-state index is 14.5. The van der Waals surface area contributed by atoms with Crippen molar-refractivity contribution in [3.63, 3.8) is 0 Å². The van der Waals surface area contributed by atoms with E-state index in [0.29, 0.717) is 18.5 Å². The molecule has 2 aliphatic rings. The zero-order valence-corrected chi connectivity index (χ0v) is 17.4. The minimum Gasteiger partial charge on any atom is -0.394 e. The van der Waals surface area contributed by atoms with Gasteiger partial charge in [-0.25, -0.2) is 9.18 Å². The number of dihydropyridines is 1. The summed E-state index contributed by atoms with van der Waals surface area (Å²) in [6.07, 6.45) is 1.35. The fourth-order valence-electron chi connectivity index (χ4n) is 3.74. The third-order valence-corrected chi connectivity index (χ3v) is 5.44. The average molecular weight is 455 g/mol. The van der Waals surface area contributed by atoms with Crippen LogP contribution in [-0.2, 0) is 6.18 Å². The number of aryl methyl sites for hydroxylation is 1. The summed E-state index contributed by atoms with van der Waals surface area (Å²) in [7, 11) is 0. The standard InChI is InChI=1S/C22H25F4N3O3/c1-13-8-16(2-3-18(13)22(24,25)26)28-21(32)29-6-4-15(5-7-29)20-19(23)10-14(11-27-20)9-17(31)12-30/h2-4,6,8,10-11,15,17,20,27,30-31H,5,7,9,12H2,1H3,(H,28,32)/t15?,17-,20?/m1/s1. The van der Waals surface area contributed by atoms with Gasteiger partial charge in [0.15, 0.2) is 0 Å². The second-order valence-electron chi connectivity index (χ2n) is 7.88. The number of nitrogens with one attached hydrogen (secondary N) is 2. The predicted octanol–water partition coefficient (Wildman–Crippen LogP) is 3.83. The number of hydrogen-bond donors (Lipinski definition) is 4. The van der Waals surface area contributed by atoms with Gasteiger partial charge in [0.2, 0.25) is 0 Å². The number of benzene rings is 1. The first-order chi connectivity index (χ1) is 15.1. The fourth-order valence-corrected chi connectivity index (χ4v) is 3.74. The molecular weight excluding hydrogens is 430 g/mol. The SMILES string of the molecule is Cc1cc(NC(=O)N2C=CC(C3NC=C(C[C@@H](O)CO)C=C3F)CC2)ccc1C(F)(F)F. The van der Waals surface area contributed by atoms with Crippen LogP contribution in [0.25, 0.3) is 0 Å². The molecule has 32 heavy (non-hydrogen) atoms. The summed E-state index contributed by atoms with van der Waals surface area (Å²) in [4.78, 5) is 13.9. The van der Waals surface area contributed by atoms with Gasteiger partial charge in [0.05, 0.1) is 24.3 Å². The second-order valence-corrected chi connectivity index (χ2v) is 7.88. The highest BCUT2D eigenvalue weighted by atomic mass is 19.4. The molecule has 6 nitrogen and oxygen atoms in total. The van der Waals surface area contributed by atoms with E-state index in [2.05, 4.69) is 10.6 Å². The van der Waals surface area contributed by atoms with Crippen LogP contribution in [0.3, 0.4) is 0 Å². The molecule has 0 saturated carbocycles. The van der Waals surface area contributed by atoms with E-state index in [9.17, 15) is 27.5 Å². The maximum absolute atomic E-state index is 14.5. The maximum Gasteiger partial charge on any atom is 0.416 e. The van der Waals surface area contributed by atoms with Gasteiger partial charge in [0.25, 0.3) is 0 Å². The smallest absolute Gasteiger partial charge is 0.394 e. The van der Waals surface area contributed by atoms with Gasteiger partial charge in [-0.2, -0.15) is 13.2 Å². The van der Waals surface area contributed by atoms with E-state index in [0.717, 1.165) is 6.07 Å². The first-order valence-corrected chi connectivity index (χ1v) is 10.1. The summed E-state index contributed by atoms with van der Waals surface area (Å²) >= 11 is 0.